The number of likely N-dealkylation sites (N-methyl/N-ethyl adjacent to an activating group) is 1. The standard InChI is InChI=1S/C47H48N4O2S/c1-9-50-43(52)40(44(53)51(10-2)45(50)54)39-31(23-27-37-46(3,4)41-33-17-13-11-15-29(33)21-25-35(41)48(37)7)19-20-32(39)24-28-38-47(5,6)42-34-18-14-12-16-30(34)22-26-36(42)49(38)8/h11-18,21-28H,9-10,19-20H2,1-8H3/p+1. The highest BCUT2D eigenvalue weighted by Crippen LogP contribution is 2.51. The molecule has 1 aliphatic carbocycles. The van der Waals surface area contributed by atoms with E-state index in [0.29, 0.717) is 23.4 Å². The number of rotatable bonds is 6. The fourth-order valence-corrected chi connectivity index (χ4v) is 10.0. The summed E-state index contributed by atoms with van der Waals surface area (Å²) in [7, 11) is 4.28. The van der Waals surface area contributed by atoms with E-state index in [0.717, 1.165) is 29.6 Å². The molecule has 0 unspecified atom stereocenters. The molecule has 7 heteroatoms. The molecule has 1 N–H and O–H groups in total. The lowest BCUT2D eigenvalue weighted by molar-refractivity contribution is -0.401. The number of hydrogen-bond donors (Lipinski definition) is 1. The van der Waals surface area contributed by atoms with Crippen molar-refractivity contribution in [1.82, 2.24) is 9.13 Å². The maximum Gasteiger partial charge on any atom is 0.266 e. The van der Waals surface area contributed by atoms with E-state index in [1.165, 1.54) is 55.5 Å². The van der Waals surface area contributed by atoms with Gasteiger partial charge in [0, 0.05) is 54.6 Å². The van der Waals surface area contributed by atoms with Crippen molar-refractivity contribution in [3.8, 4) is 5.88 Å². The first kappa shape index (κ1) is 35.7. The molecule has 274 valence electrons. The molecule has 1 aromatic heterocycles. The van der Waals surface area contributed by atoms with E-state index >= 15 is 0 Å². The molecule has 3 heterocycles. The van der Waals surface area contributed by atoms with Gasteiger partial charge in [0.05, 0.1) is 5.41 Å². The molecule has 0 saturated heterocycles. The lowest BCUT2D eigenvalue weighted by atomic mass is 9.79. The molecule has 5 aromatic rings. The zero-order valence-corrected chi connectivity index (χ0v) is 33.4. The molecule has 54 heavy (non-hydrogen) atoms. The highest BCUT2D eigenvalue weighted by atomic mass is 32.1. The first-order valence-corrected chi connectivity index (χ1v) is 19.5. The van der Waals surface area contributed by atoms with Crippen LogP contribution >= 0.6 is 12.2 Å². The maximum absolute atomic E-state index is 14.4. The Morgan fingerprint density at radius 1 is 0.796 bits per heavy atom. The van der Waals surface area contributed by atoms with E-state index in [1.54, 1.807) is 9.13 Å². The largest absolute Gasteiger partial charge is 0.494 e. The smallest absolute Gasteiger partial charge is 0.266 e. The highest BCUT2D eigenvalue weighted by molar-refractivity contribution is 7.71. The predicted octanol–water partition coefficient (Wildman–Crippen LogP) is 10.5. The van der Waals surface area contributed by atoms with Crippen LogP contribution in [0.5, 0.6) is 5.88 Å². The minimum atomic E-state index is -0.256. The monoisotopic (exact) mass is 733 g/mol. The van der Waals surface area contributed by atoms with Crippen molar-refractivity contribution in [2.75, 3.05) is 19.0 Å². The third-order valence-electron chi connectivity index (χ3n) is 12.3. The molecule has 3 aliphatic rings. The lowest BCUT2D eigenvalue weighted by Crippen LogP contribution is -2.28. The Morgan fingerprint density at radius 2 is 1.43 bits per heavy atom. The molecule has 0 radical (unpaired) electrons. The second kappa shape index (κ2) is 12.9. The van der Waals surface area contributed by atoms with Gasteiger partial charge in [-0.3, -0.25) is 13.9 Å². The van der Waals surface area contributed by atoms with Crippen LogP contribution in [-0.2, 0) is 23.9 Å². The van der Waals surface area contributed by atoms with Crippen LogP contribution in [0.2, 0.25) is 0 Å². The number of nitrogens with zero attached hydrogens (tertiary/aromatic N) is 4. The average Bonchev–Trinajstić information content (AvgIpc) is 3.70. The van der Waals surface area contributed by atoms with Gasteiger partial charge in [0.25, 0.3) is 5.56 Å². The molecule has 0 spiro atoms. The highest BCUT2D eigenvalue weighted by Gasteiger charge is 2.44. The Balaban J connectivity index is 1.30. The summed E-state index contributed by atoms with van der Waals surface area (Å²) in [5.74, 6) is -0.0689. The maximum atomic E-state index is 14.4. The SMILES string of the molecule is CCn1c(O)c(C2=C(C=CC3=[N+](C)c4ccc5ccccc5c4C3(C)C)CCC2=CC=C2N(C)c3ccc4ccccc4c3C2(C)C)c(=O)n(CC)c1=S. The molecule has 2 aliphatic heterocycles. The molecular weight excluding hydrogens is 685 g/mol. The van der Waals surface area contributed by atoms with Gasteiger partial charge in [-0.05, 0) is 115 Å². The summed E-state index contributed by atoms with van der Waals surface area (Å²) in [5, 5.41) is 16.9. The number of aromatic hydroxyl groups is 1. The number of anilines is 1. The van der Waals surface area contributed by atoms with Crippen molar-refractivity contribution in [2.45, 2.75) is 78.3 Å². The summed E-state index contributed by atoms with van der Waals surface area (Å²) in [6.07, 6.45) is 10.3. The van der Waals surface area contributed by atoms with E-state index in [4.69, 9.17) is 12.2 Å². The van der Waals surface area contributed by atoms with Gasteiger partial charge in [0.2, 0.25) is 11.6 Å². The third kappa shape index (κ3) is 5.15. The lowest BCUT2D eigenvalue weighted by Gasteiger charge is -2.24. The predicted molar refractivity (Wildman–Crippen MR) is 227 cm³/mol. The van der Waals surface area contributed by atoms with Crippen molar-refractivity contribution < 1.29 is 9.68 Å². The molecule has 4 aromatic carbocycles. The number of benzene rings is 4. The van der Waals surface area contributed by atoms with Gasteiger partial charge in [0.1, 0.15) is 12.6 Å². The number of aromatic nitrogens is 2. The summed E-state index contributed by atoms with van der Waals surface area (Å²) in [6.45, 7) is 13.9. The zero-order chi connectivity index (χ0) is 38.3. The first-order valence-electron chi connectivity index (χ1n) is 19.1. The second-order valence-electron chi connectivity index (χ2n) is 15.9. The van der Waals surface area contributed by atoms with Gasteiger partial charge in [-0.2, -0.15) is 4.58 Å². The Hall–Kier alpha value is -5.27. The van der Waals surface area contributed by atoms with E-state index in [2.05, 4.69) is 148 Å². The molecule has 0 saturated carbocycles. The normalized spacial score (nSPS) is 19.1. The minimum absolute atomic E-state index is 0.0689. The van der Waals surface area contributed by atoms with Crippen molar-refractivity contribution in [3.63, 3.8) is 0 Å². The Labute approximate surface area is 323 Å². The van der Waals surface area contributed by atoms with Crippen LogP contribution < -0.4 is 10.5 Å². The number of fused-ring (bicyclic) bond motifs is 6. The van der Waals surface area contributed by atoms with Crippen LogP contribution in [-0.4, -0.2) is 38.6 Å². The number of allylic oxidation sites excluding steroid dienone is 8. The van der Waals surface area contributed by atoms with Gasteiger partial charge in [-0.15, -0.1) is 0 Å². The Bertz CT molecular complexity index is 2710. The molecule has 8 rings (SSSR count). The minimum Gasteiger partial charge on any atom is -0.494 e. The van der Waals surface area contributed by atoms with Crippen LogP contribution in [0.25, 0.3) is 27.1 Å². The van der Waals surface area contributed by atoms with Gasteiger partial charge < -0.3 is 10.0 Å². The van der Waals surface area contributed by atoms with Crippen molar-refractivity contribution in [2.24, 2.45) is 0 Å². The summed E-state index contributed by atoms with van der Waals surface area (Å²) in [5.41, 5.74) is 9.82. The van der Waals surface area contributed by atoms with Crippen LogP contribution in [0.1, 0.15) is 71.1 Å². The van der Waals surface area contributed by atoms with E-state index in [-0.39, 0.29) is 22.3 Å². The summed E-state index contributed by atoms with van der Waals surface area (Å²) in [4.78, 5) is 16.7. The fraction of sp³-hybridized carbons (Fsp3) is 0.298. The van der Waals surface area contributed by atoms with Crippen LogP contribution in [0.15, 0.2) is 119 Å². The van der Waals surface area contributed by atoms with Crippen molar-refractivity contribution >= 4 is 56.4 Å². The quantitative estimate of drug-likeness (QED) is 0.139. The second-order valence-corrected chi connectivity index (χ2v) is 16.2. The fourth-order valence-electron chi connectivity index (χ4n) is 9.60. The van der Waals surface area contributed by atoms with Crippen LogP contribution in [0.3, 0.4) is 0 Å². The Morgan fingerprint density at radius 3 is 2.09 bits per heavy atom. The average molecular weight is 734 g/mol. The summed E-state index contributed by atoms with van der Waals surface area (Å²) in [6, 6.07) is 26.1. The Kier molecular flexibility index (Phi) is 8.57. The number of hydrogen-bond acceptors (Lipinski definition) is 4. The zero-order valence-electron chi connectivity index (χ0n) is 32.6. The molecule has 0 bridgehead atoms. The van der Waals surface area contributed by atoms with Crippen LogP contribution in [0.4, 0.5) is 11.4 Å². The van der Waals surface area contributed by atoms with E-state index < -0.39 is 0 Å². The van der Waals surface area contributed by atoms with Gasteiger partial charge in [0.15, 0.2) is 10.5 Å². The van der Waals surface area contributed by atoms with Gasteiger partial charge in [-0.25, -0.2) is 0 Å². The summed E-state index contributed by atoms with van der Waals surface area (Å²) >= 11 is 5.72. The van der Waals surface area contributed by atoms with Crippen LogP contribution in [0, 0.1) is 4.77 Å². The third-order valence-corrected chi connectivity index (χ3v) is 12.7. The molecule has 0 fully saturated rings. The van der Waals surface area contributed by atoms with Gasteiger partial charge >= 0.3 is 0 Å². The molecule has 0 amide bonds. The molecule has 0 atom stereocenters. The summed E-state index contributed by atoms with van der Waals surface area (Å²) < 4.78 is 5.92. The van der Waals surface area contributed by atoms with E-state index in [9.17, 15) is 9.90 Å². The first-order chi connectivity index (χ1) is 25.8. The van der Waals surface area contributed by atoms with Gasteiger partial charge in [-0.1, -0.05) is 80.6 Å². The van der Waals surface area contributed by atoms with Crippen molar-refractivity contribution in [3.05, 3.63) is 146 Å². The van der Waals surface area contributed by atoms with Crippen molar-refractivity contribution in [1.29, 1.82) is 0 Å². The topological polar surface area (TPSA) is 53.4 Å². The van der Waals surface area contributed by atoms with E-state index in [1.807, 2.05) is 13.8 Å². The molecule has 6 nitrogen and oxygen atoms in total. The molecular formula is C47H49N4O2S+.